The highest BCUT2D eigenvalue weighted by Gasteiger charge is 2.12. The van der Waals surface area contributed by atoms with Crippen LogP contribution in [0.4, 0.5) is 11.4 Å². The van der Waals surface area contributed by atoms with Gasteiger partial charge in [-0.2, -0.15) is 0 Å². The van der Waals surface area contributed by atoms with E-state index in [1.54, 1.807) is 44.4 Å². The maximum absolute atomic E-state index is 11.9. The molecule has 1 aromatic heterocycles. The smallest absolute Gasteiger partial charge is 0.291 e. The number of hydrogen-bond donors (Lipinski definition) is 2. The van der Waals surface area contributed by atoms with Crippen LogP contribution in [0, 0.1) is 6.92 Å². The maximum atomic E-state index is 11.9. The lowest BCUT2D eigenvalue weighted by atomic mass is 10.2. The van der Waals surface area contributed by atoms with Gasteiger partial charge in [0.25, 0.3) is 5.91 Å². The fourth-order valence-electron chi connectivity index (χ4n) is 1.51. The summed E-state index contributed by atoms with van der Waals surface area (Å²) in [5.74, 6) is 1.20. The van der Waals surface area contributed by atoms with Crippen molar-refractivity contribution in [1.82, 2.24) is 0 Å². The summed E-state index contributed by atoms with van der Waals surface area (Å²) < 4.78 is 10.3. The van der Waals surface area contributed by atoms with Crippen LogP contribution in [0.1, 0.15) is 16.3 Å². The Morgan fingerprint density at radius 1 is 1.33 bits per heavy atom. The van der Waals surface area contributed by atoms with Crippen LogP contribution in [-0.2, 0) is 0 Å². The predicted molar refractivity (Wildman–Crippen MR) is 68.8 cm³/mol. The number of rotatable bonds is 3. The summed E-state index contributed by atoms with van der Waals surface area (Å²) in [5.41, 5.74) is 6.73. The molecule has 0 radical (unpaired) electrons. The Kier molecular flexibility index (Phi) is 3.23. The van der Waals surface area contributed by atoms with E-state index in [2.05, 4.69) is 5.32 Å². The van der Waals surface area contributed by atoms with Gasteiger partial charge in [0.05, 0.1) is 18.5 Å². The van der Waals surface area contributed by atoms with Crippen molar-refractivity contribution in [3.63, 3.8) is 0 Å². The van der Waals surface area contributed by atoms with Gasteiger partial charge < -0.3 is 20.2 Å². The summed E-state index contributed by atoms with van der Waals surface area (Å²) in [7, 11) is 1.55. The van der Waals surface area contributed by atoms with E-state index in [0.717, 1.165) is 0 Å². The van der Waals surface area contributed by atoms with Crippen LogP contribution in [0.5, 0.6) is 5.75 Å². The lowest BCUT2D eigenvalue weighted by Gasteiger charge is -2.08. The Labute approximate surface area is 105 Å². The quantitative estimate of drug-likeness (QED) is 0.815. The molecule has 0 saturated carbocycles. The second-order valence-electron chi connectivity index (χ2n) is 3.82. The van der Waals surface area contributed by atoms with Crippen LogP contribution in [0.3, 0.4) is 0 Å². The molecule has 1 amide bonds. The number of benzene rings is 1. The van der Waals surface area contributed by atoms with Crippen molar-refractivity contribution >= 4 is 17.3 Å². The van der Waals surface area contributed by atoms with Gasteiger partial charge in [0.15, 0.2) is 5.76 Å². The van der Waals surface area contributed by atoms with E-state index in [0.29, 0.717) is 22.9 Å². The molecule has 1 aromatic carbocycles. The summed E-state index contributed by atoms with van der Waals surface area (Å²) in [5, 5.41) is 2.68. The van der Waals surface area contributed by atoms with E-state index in [1.807, 2.05) is 0 Å². The third kappa shape index (κ3) is 2.45. The third-order valence-corrected chi connectivity index (χ3v) is 2.47. The number of carbonyl (C=O) groups excluding carboxylic acids is 1. The monoisotopic (exact) mass is 246 g/mol. The second-order valence-corrected chi connectivity index (χ2v) is 3.82. The molecule has 2 rings (SSSR count). The molecule has 0 aliphatic heterocycles. The predicted octanol–water partition coefficient (Wildman–Crippen LogP) is 2.43. The number of amides is 1. The van der Waals surface area contributed by atoms with Crippen molar-refractivity contribution in [1.29, 1.82) is 0 Å². The first-order chi connectivity index (χ1) is 8.60. The molecule has 0 spiro atoms. The van der Waals surface area contributed by atoms with Crippen molar-refractivity contribution in [2.24, 2.45) is 0 Å². The zero-order chi connectivity index (χ0) is 13.1. The van der Waals surface area contributed by atoms with Gasteiger partial charge in [-0.1, -0.05) is 0 Å². The first kappa shape index (κ1) is 12.0. The van der Waals surface area contributed by atoms with Gasteiger partial charge in [-0.15, -0.1) is 0 Å². The summed E-state index contributed by atoms with van der Waals surface area (Å²) in [4.78, 5) is 11.9. The molecule has 5 nitrogen and oxygen atoms in total. The number of ether oxygens (including phenoxy) is 1. The molecule has 3 N–H and O–H groups in total. The molecule has 0 atom stereocenters. The molecule has 94 valence electrons. The molecule has 18 heavy (non-hydrogen) atoms. The van der Waals surface area contributed by atoms with Crippen molar-refractivity contribution in [3.8, 4) is 5.75 Å². The summed E-state index contributed by atoms with van der Waals surface area (Å²) in [6.45, 7) is 1.77. The molecule has 0 saturated heterocycles. The van der Waals surface area contributed by atoms with E-state index in [1.165, 1.54) is 0 Å². The number of aryl methyl sites for hydroxylation is 1. The number of nitrogens with two attached hydrogens (primary N) is 1. The van der Waals surface area contributed by atoms with Crippen LogP contribution >= 0.6 is 0 Å². The van der Waals surface area contributed by atoms with Gasteiger partial charge in [-0.05, 0) is 31.2 Å². The fraction of sp³-hybridized carbons (Fsp3) is 0.154. The minimum Gasteiger partial charge on any atom is -0.497 e. The van der Waals surface area contributed by atoms with E-state index in [9.17, 15) is 4.79 Å². The minimum absolute atomic E-state index is 0.245. The number of hydrogen-bond acceptors (Lipinski definition) is 4. The highest BCUT2D eigenvalue weighted by Crippen LogP contribution is 2.25. The average molecular weight is 246 g/mol. The number of nitrogen functional groups attached to an aromatic ring is 1. The van der Waals surface area contributed by atoms with Crippen LogP contribution in [0.25, 0.3) is 0 Å². The zero-order valence-corrected chi connectivity index (χ0v) is 10.2. The van der Waals surface area contributed by atoms with Crippen LogP contribution in [0.15, 0.2) is 34.7 Å². The Hall–Kier alpha value is -2.43. The van der Waals surface area contributed by atoms with Gasteiger partial charge in [-0.3, -0.25) is 4.79 Å². The standard InChI is InChI=1S/C13H14N2O3/c1-8-3-6-12(18-8)13(16)15-11-7-9(17-2)4-5-10(11)14/h3-7H,14H2,1-2H3,(H,15,16). The summed E-state index contributed by atoms with van der Waals surface area (Å²) >= 11 is 0. The SMILES string of the molecule is COc1ccc(N)c(NC(=O)c2ccc(C)o2)c1. The van der Waals surface area contributed by atoms with Gasteiger partial charge >= 0.3 is 0 Å². The van der Waals surface area contributed by atoms with Crippen molar-refractivity contribution in [3.05, 3.63) is 41.9 Å². The van der Waals surface area contributed by atoms with Gasteiger partial charge in [0.1, 0.15) is 11.5 Å². The highest BCUT2D eigenvalue weighted by molar-refractivity contribution is 6.04. The summed E-state index contributed by atoms with van der Waals surface area (Å²) in [6, 6.07) is 8.39. The van der Waals surface area contributed by atoms with E-state index in [4.69, 9.17) is 14.9 Å². The normalized spacial score (nSPS) is 10.1. The maximum Gasteiger partial charge on any atom is 0.291 e. The number of methoxy groups -OCH3 is 1. The molecule has 5 heteroatoms. The number of anilines is 2. The lowest BCUT2D eigenvalue weighted by molar-refractivity contribution is 0.0995. The van der Waals surface area contributed by atoms with Crippen molar-refractivity contribution in [2.75, 3.05) is 18.2 Å². The van der Waals surface area contributed by atoms with Crippen LogP contribution < -0.4 is 15.8 Å². The topological polar surface area (TPSA) is 77.5 Å². The number of furan rings is 1. The Morgan fingerprint density at radius 2 is 2.11 bits per heavy atom. The number of carbonyl (C=O) groups is 1. The second kappa shape index (κ2) is 4.83. The Bertz CT molecular complexity index is 575. The average Bonchev–Trinajstić information content (AvgIpc) is 2.79. The molecule has 0 bridgehead atoms. The fourth-order valence-corrected chi connectivity index (χ4v) is 1.51. The molecule has 1 heterocycles. The minimum atomic E-state index is -0.344. The zero-order valence-electron chi connectivity index (χ0n) is 10.2. The van der Waals surface area contributed by atoms with Crippen LogP contribution in [-0.4, -0.2) is 13.0 Å². The Balaban J connectivity index is 2.21. The third-order valence-electron chi connectivity index (χ3n) is 2.47. The molecule has 0 aliphatic carbocycles. The molecular weight excluding hydrogens is 232 g/mol. The van der Waals surface area contributed by atoms with Crippen molar-refractivity contribution in [2.45, 2.75) is 6.92 Å². The van der Waals surface area contributed by atoms with E-state index < -0.39 is 0 Å². The highest BCUT2D eigenvalue weighted by atomic mass is 16.5. The molecule has 0 fully saturated rings. The van der Waals surface area contributed by atoms with Crippen molar-refractivity contribution < 1.29 is 13.9 Å². The van der Waals surface area contributed by atoms with E-state index in [-0.39, 0.29) is 11.7 Å². The molecular formula is C13H14N2O3. The Morgan fingerprint density at radius 3 is 2.72 bits per heavy atom. The van der Waals surface area contributed by atoms with Gasteiger partial charge in [-0.25, -0.2) is 0 Å². The van der Waals surface area contributed by atoms with E-state index >= 15 is 0 Å². The number of nitrogens with one attached hydrogen (secondary N) is 1. The summed E-state index contributed by atoms with van der Waals surface area (Å²) in [6.07, 6.45) is 0. The molecule has 0 aliphatic rings. The lowest BCUT2D eigenvalue weighted by Crippen LogP contribution is -2.12. The largest absolute Gasteiger partial charge is 0.497 e. The molecule has 2 aromatic rings. The van der Waals surface area contributed by atoms with Crippen LogP contribution in [0.2, 0.25) is 0 Å². The first-order valence-electron chi connectivity index (χ1n) is 5.41. The first-order valence-corrected chi connectivity index (χ1v) is 5.41. The van der Waals surface area contributed by atoms with Gasteiger partial charge in [0, 0.05) is 6.07 Å². The molecule has 0 unspecified atom stereocenters. The van der Waals surface area contributed by atoms with Gasteiger partial charge in [0.2, 0.25) is 0 Å².